The number of hydrogen-bond acceptors (Lipinski definition) is 5. The second kappa shape index (κ2) is 14.6. The minimum atomic E-state index is -0.526. The van der Waals surface area contributed by atoms with Crippen LogP contribution in [0, 0.1) is 6.92 Å². The minimum absolute atomic E-state index is 0.0119. The molecule has 1 atom stereocenters. The number of nitrogens with one attached hydrogen (secondary N) is 3. The lowest BCUT2D eigenvalue weighted by atomic mass is 10.2. The van der Waals surface area contributed by atoms with Gasteiger partial charge in [0.05, 0.1) is 5.25 Å². The van der Waals surface area contributed by atoms with Gasteiger partial charge in [0.2, 0.25) is 5.91 Å². The molecule has 45 heavy (non-hydrogen) atoms. The molecule has 5 rings (SSSR count). The first-order valence-electron chi connectivity index (χ1n) is 14.1. The Kier molecular flexibility index (Phi) is 10.2. The maximum Gasteiger partial charge on any atom is 0.272 e. The summed E-state index contributed by atoms with van der Waals surface area (Å²) in [6, 6.07) is 34.2. The zero-order chi connectivity index (χ0) is 31.8. The van der Waals surface area contributed by atoms with Gasteiger partial charge >= 0.3 is 0 Å². The van der Waals surface area contributed by atoms with E-state index >= 15 is 0 Å². The molecular weight excluding hydrogens is 606 g/mol. The summed E-state index contributed by atoms with van der Waals surface area (Å²) in [4.78, 5) is 40.1. The Labute approximate surface area is 270 Å². The van der Waals surface area contributed by atoms with Crippen LogP contribution >= 0.6 is 23.4 Å². The highest BCUT2D eigenvalue weighted by Gasteiger charge is 2.18. The van der Waals surface area contributed by atoms with Crippen LogP contribution in [-0.2, 0) is 9.59 Å². The number of rotatable bonds is 10. The summed E-state index contributed by atoms with van der Waals surface area (Å²) in [6.45, 7) is 3.72. The molecule has 5 aromatic rings. The highest BCUT2D eigenvalue weighted by Crippen LogP contribution is 2.28. The van der Waals surface area contributed by atoms with Crippen molar-refractivity contribution in [2.75, 3.05) is 10.6 Å². The van der Waals surface area contributed by atoms with Gasteiger partial charge in [0.15, 0.2) is 0 Å². The van der Waals surface area contributed by atoms with Crippen molar-refractivity contribution in [2.24, 2.45) is 0 Å². The summed E-state index contributed by atoms with van der Waals surface area (Å²) in [5.74, 6) is -0.0742. The molecule has 0 saturated heterocycles. The highest BCUT2D eigenvalue weighted by atomic mass is 35.5. The molecule has 1 aromatic heterocycles. The summed E-state index contributed by atoms with van der Waals surface area (Å²) >= 11 is 7.47. The summed E-state index contributed by atoms with van der Waals surface area (Å²) in [5, 5.41) is 8.65. The van der Waals surface area contributed by atoms with Gasteiger partial charge < -0.3 is 20.4 Å². The van der Waals surface area contributed by atoms with E-state index < -0.39 is 11.8 Å². The lowest BCUT2D eigenvalue weighted by molar-refractivity contribution is -0.115. The number of carbonyl (C=O) groups excluding carboxylic acids is 3. The molecule has 0 aliphatic rings. The lowest BCUT2D eigenvalue weighted by Crippen LogP contribution is -2.30. The molecule has 0 unspecified atom stereocenters. The number of furan rings is 1. The highest BCUT2D eigenvalue weighted by molar-refractivity contribution is 8.00. The predicted molar refractivity (Wildman–Crippen MR) is 181 cm³/mol. The second-order valence-electron chi connectivity index (χ2n) is 10.1. The Bertz CT molecular complexity index is 1840. The fourth-order valence-electron chi connectivity index (χ4n) is 4.31. The Morgan fingerprint density at radius 2 is 1.51 bits per heavy atom. The van der Waals surface area contributed by atoms with E-state index in [4.69, 9.17) is 16.0 Å². The Morgan fingerprint density at radius 1 is 0.822 bits per heavy atom. The number of anilines is 2. The van der Waals surface area contributed by atoms with Crippen LogP contribution in [0.4, 0.5) is 11.4 Å². The average molecular weight is 636 g/mol. The molecule has 7 nitrogen and oxygen atoms in total. The second-order valence-corrected chi connectivity index (χ2v) is 12.0. The summed E-state index contributed by atoms with van der Waals surface area (Å²) in [6.07, 6.45) is 1.49. The molecule has 0 spiro atoms. The molecule has 0 saturated carbocycles. The summed E-state index contributed by atoms with van der Waals surface area (Å²) in [7, 11) is 0. The van der Waals surface area contributed by atoms with Crippen molar-refractivity contribution >= 4 is 58.5 Å². The van der Waals surface area contributed by atoms with Crippen LogP contribution < -0.4 is 16.0 Å². The van der Waals surface area contributed by atoms with Crippen LogP contribution in [0.15, 0.2) is 130 Å². The van der Waals surface area contributed by atoms with E-state index in [-0.39, 0.29) is 16.9 Å². The molecule has 4 aromatic carbocycles. The van der Waals surface area contributed by atoms with Crippen LogP contribution in [0.5, 0.6) is 0 Å². The molecule has 9 heteroatoms. The SMILES string of the molecule is Cc1ccc(Cl)cc1NC(=O)[C@@H](C)Sc1ccc(NC(=O)/C(=C\c2ccc(-c3ccccc3)o2)NC(=O)c2ccccc2)cc1. The van der Waals surface area contributed by atoms with Gasteiger partial charge in [-0.2, -0.15) is 0 Å². The van der Waals surface area contributed by atoms with Crippen molar-refractivity contribution in [3.05, 3.63) is 143 Å². The first kappa shape index (κ1) is 31.4. The number of hydrogen-bond donors (Lipinski definition) is 3. The van der Waals surface area contributed by atoms with Gasteiger partial charge in [0.25, 0.3) is 11.8 Å². The van der Waals surface area contributed by atoms with Gasteiger partial charge in [0.1, 0.15) is 17.2 Å². The smallest absolute Gasteiger partial charge is 0.272 e. The zero-order valence-electron chi connectivity index (χ0n) is 24.5. The maximum atomic E-state index is 13.4. The largest absolute Gasteiger partial charge is 0.457 e. The standard InChI is InChI=1S/C36H30ClN3O4S/c1-23-13-14-27(37)21-31(23)39-34(41)24(2)45-30-18-15-28(16-19-30)38-36(43)32(40-35(42)26-11-7-4-8-12-26)22-29-17-20-33(44-29)25-9-5-3-6-10-25/h3-22,24H,1-2H3,(H,38,43)(H,39,41)(H,40,42)/b32-22+/t24-/m1/s1. The number of carbonyl (C=O) groups is 3. The summed E-state index contributed by atoms with van der Waals surface area (Å²) in [5.41, 5.74) is 3.42. The maximum absolute atomic E-state index is 13.4. The predicted octanol–water partition coefficient (Wildman–Crippen LogP) is 8.44. The number of thioether (sulfide) groups is 1. The molecule has 226 valence electrons. The molecule has 3 N–H and O–H groups in total. The monoisotopic (exact) mass is 635 g/mol. The van der Waals surface area contributed by atoms with Crippen LogP contribution in [0.2, 0.25) is 5.02 Å². The third-order valence-electron chi connectivity index (χ3n) is 6.75. The van der Waals surface area contributed by atoms with Gasteiger partial charge in [0, 0.05) is 38.5 Å². The Morgan fingerprint density at radius 3 is 2.22 bits per heavy atom. The van der Waals surface area contributed by atoms with Gasteiger partial charge in [-0.1, -0.05) is 66.2 Å². The van der Waals surface area contributed by atoms with Gasteiger partial charge in [-0.25, -0.2) is 0 Å². The molecule has 0 aliphatic carbocycles. The minimum Gasteiger partial charge on any atom is -0.457 e. The number of halogens is 1. The normalized spacial score (nSPS) is 11.8. The van der Waals surface area contributed by atoms with E-state index in [1.807, 2.05) is 74.5 Å². The van der Waals surface area contributed by atoms with E-state index in [0.29, 0.717) is 33.5 Å². The third-order valence-corrected chi connectivity index (χ3v) is 8.10. The van der Waals surface area contributed by atoms with Crippen LogP contribution in [-0.4, -0.2) is 23.0 Å². The van der Waals surface area contributed by atoms with E-state index in [2.05, 4.69) is 16.0 Å². The van der Waals surface area contributed by atoms with Crippen molar-refractivity contribution in [1.29, 1.82) is 0 Å². The first-order chi connectivity index (χ1) is 21.7. The van der Waals surface area contributed by atoms with Crippen LogP contribution in [0.25, 0.3) is 17.4 Å². The van der Waals surface area contributed by atoms with Crippen molar-refractivity contribution in [3.8, 4) is 11.3 Å². The first-order valence-corrected chi connectivity index (χ1v) is 15.4. The number of aryl methyl sites for hydroxylation is 1. The van der Waals surface area contributed by atoms with Crippen LogP contribution in [0.3, 0.4) is 0 Å². The third kappa shape index (κ3) is 8.53. The van der Waals surface area contributed by atoms with E-state index in [9.17, 15) is 14.4 Å². The Balaban J connectivity index is 1.28. The molecule has 1 heterocycles. The fourth-order valence-corrected chi connectivity index (χ4v) is 5.35. The quantitative estimate of drug-likeness (QED) is 0.106. The molecule has 0 fully saturated rings. The zero-order valence-corrected chi connectivity index (χ0v) is 26.1. The Hall–Kier alpha value is -5.05. The molecule has 0 aliphatic heterocycles. The molecule has 0 bridgehead atoms. The fraction of sp³-hybridized carbons (Fsp3) is 0.0833. The van der Waals surface area contributed by atoms with Crippen molar-refractivity contribution in [1.82, 2.24) is 5.32 Å². The van der Waals surface area contributed by atoms with Gasteiger partial charge in [-0.05, 0) is 80.1 Å². The number of amides is 3. The van der Waals surface area contributed by atoms with Crippen molar-refractivity contribution in [3.63, 3.8) is 0 Å². The van der Waals surface area contributed by atoms with E-state index in [1.165, 1.54) is 17.8 Å². The van der Waals surface area contributed by atoms with Gasteiger partial charge in [-0.15, -0.1) is 11.8 Å². The van der Waals surface area contributed by atoms with E-state index in [0.717, 1.165) is 16.0 Å². The van der Waals surface area contributed by atoms with E-state index in [1.54, 1.807) is 54.6 Å². The topological polar surface area (TPSA) is 100 Å². The van der Waals surface area contributed by atoms with Crippen LogP contribution in [0.1, 0.15) is 28.6 Å². The van der Waals surface area contributed by atoms with Crippen molar-refractivity contribution < 1.29 is 18.8 Å². The average Bonchev–Trinajstić information content (AvgIpc) is 3.52. The molecule has 0 radical (unpaired) electrons. The van der Waals surface area contributed by atoms with Crippen molar-refractivity contribution in [2.45, 2.75) is 24.0 Å². The number of benzene rings is 4. The summed E-state index contributed by atoms with van der Waals surface area (Å²) < 4.78 is 5.96. The molecule has 3 amide bonds. The van der Waals surface area contributed by atoms with Gasteiger partial charge in [-0.3, -0.25) is 14.4 Å². The molecular formula is C36H30ClN3O4S. The lowest BCUT2D eigenvalue weighted by Gasteiger charge is -2.14.